The van der Waals surface area contributed by atoms with Crippen LogP contribution in [0.25, 0.3) is 0 Å². The molecule has 0 amide bonds. The molecule has 1 aromatic rings. The summed E-state index contributed by atoms with van der Waals surface area (Å²) in [5, 5.41) is 0. The van der Waals surface area contributed by atoms with Gasteiger partial charge in [0.1, 0.15) is 0 Å². The van der Waals surface area contributed by atoms with E-state index in [1.807, 2.05) is 0 Å². The van der Waals surface area contributed by atoms with Crippen molar-refractivity contribution in [2.24, 2.45) is 11.1 Å². The third-order valence-electron chi connectivity index (χ3n) is 4.32. The highest BCUT2D eigenvalue weighted by Crippen LogP contribution is 2.34. The Morgan fingerprint density at radius 2 is 1.65 bits per heavy atom. The molecule has 0 aromatic heterocycles. The van der Waals surface area contributed by atoms with Crippen LogP contribution in [0.5, 0.6) is 0 Å². The van der Waals surface area contributed by atoms with Crippen LogP contribution in [-0.4, -0.2) is 19.8 Å². The van der Waals surface area contributed by atoms with Gasteiger partial charge in [-0.3, -0.25) is 0 Å². The summed E-state index contributed by atoms with van der Waals surface area (Å²) < 4.78 is 5.36. The Kier molecular flexibility index (Phi) is 3.28. The van der Waals surface area contributed by atoms with Crippen LogP contribution in [0.15, 0.2) is 6.07 Å². The lowest BCUT2D eigenvalue weighted by Crippen LogP contribution is -2.50. The zero-order valence-electron chi connectivity index (χ0n) is 11.4. The van der Waals surface area contributed by atoms with Crippen molar-refractivity contribution >= 4 is 0 Å². The predicted molar refractivity (Wildman–Crippen MR) is 71.4 cm³/mol. The molecule has 2 N–H and O–H groups in total. The normalized spacial score (nSPS) is 17.9. The van der Waals surface area contributed by atoms with E-state index in [0.717, 1.165) is 26.2 Å². The van der Waals surface area contributed by atoms with Crippen molar-refractivity contribution in [3.63, 3.8) is 0 Å². The van der Waals surface area contributed by atoms with Crippen molar-refractivity contribution < 1.29 is 4.74 Å². The SMILES string of the molecule is Cc1cc(C)c(C)c(CC2(CN)COC2)c1C. The molecule has 0 bridgehead atoms. The van der Waals surface area contributed by atoms with Crippen LogP contribution in [0.4, 0.5) is 0 Å². The average molecular weight is 233 g/mol. The Labute approximate surface area is 104 Å². The third-order valence-corrected chi connectivity index (χ3v) is 4.32. The molecule has 0 aliphatic carbocycles. The van der Waals surface area contributed by atoms with Gasteiger partial charge in [0.05, 0.1) is 13.2 Å². The van der Waals surface area contributed by atoms with E-state index in [2.05, 4.69) is 33.8 Å². The van der Waals surface area contributed by atoms with Crippen LogP contribution >= 0.6 is 0 Å². The third kappa shape index (κ3) is 2.12. The number of hydrogen-bond donors (Lipinski definition) is 1. The topological polar surface area (TPSA) is 35.2 Å². The highest BCUT2D eigenvalue weighted by molar-refractivity contribution is 5.44. The Bertz CT molecular complexity index is 401. The summed E-state index contributed by atoms with van der Waals surface area (Å²) in [5.41, 5.74) is 13.2. The summed E-state index contributed by atoms with van der Waals surface area (Å²) in [7, 11) is 0. The van der Waals surface area contributed by atoms with Crippen LogP contribution < -0.4 is 5.73 Å². The summed E-state index contributed by atoms with van der Waals surface area (Å²) in [6, 6.07) is 2.28. The monoisotopic (exact) mass is 233 g/mol. The summed E-state index contributed by atoms with van der Waals surface area (Å²) >= 11 is 0. The first-order valence-corrected chi connectivity index (χ1v) is 6.33. The number of benzene rings is 1. The molecule has 2 nitrogen and oxygen atoms in total. The molecule has 0 spiro atoms. The van der Waals surface area contributed by atoms with E-state index < -0.39 is 0 Å². The van der Waals surface area contributed by atoms with Gasteiger partial charge in [-0.1, -0.05) is 6.07 Å². The van der Waals surface area contributed by atoms with E-state index in [4.69, 9.17) is 10.5 Å². The van der Waals surface area contributed by atoms with E-state index in [0.29, 0.717) is 0 Å². The second-order valence-corrected chi connectivity index (χ2v) is 5.61. The molecule has 2 heteroatoms. The summed E-state index contributed by atoms with van der Waals surface area (Å²) in [5.74, 6) is 0. The van der Waals surface area contributed by atoms with Gasteiger partial charge >= 0.3 is 0 Å². The number of nitrogens with two attached hydrogens (primary N) is 1. The molecule has 1 aliphatic heterocycles. The zero-order valence-corrected chi connectivity index (χ0v) is 11.4. The van der Waals surface area contributed by atoms with Crippen molar-refractivity contribution in [2.75, 3.05) is 19.8 Å². The second-order valence-electron chi connectivity index (χ2n) is 5.61. The van der Waals surface area contributed by atoms with Crippen LogP contribution in [0, 0.1) is 33.1 Å². The van der Waals surface area contributed by atoms with Crippen LogP contribution in [-0.2, 0) is 11.2 Å². The lowest BCUT2D eigenvalue weighted by atomic mass is 9.76. The zero-order chi connectivity index (χ0) is 12.6. The van der Waals surface area contributed by atoms with E-state index >= 15 is 0 Å². The number of ether oxygens (including phenoxy) is 1. The van der Waals surface area contributed by atoms with Gasteiger partial charge in [0, 0.05) is 12.0 Å². The summed E-state index contributed by atoms with van der Waals surface area (Å²) in [4.78, 5) is 0. The minimum absolute atomic E-state index is 0.190. The van der Waals surface area contributed by atoms with Gasteiger partial charge in [0.2, 0.25) is 0 Å². The van der Waals surface area contributed by atoms with Gasteiger partial charge in [-0.25, -0.2) is 0 Å². The number of hydrogen-bond acceptors (Lipinski definition) is 2. The van der Waals surface area contributed by atoms with Gasteiger partial charge in [0.15, 0.2) is 0 Å². The van der Waals surface area contributed by atoms with Crippen molar-refractivity contribution in [1.82, 2.24) is 0 Å². The van der Waals surface area contributed by atoms with Gasteiger partial charge in [-0.15, -0.1) is 0 Å². The molecule has 2 rings (SSSR count). The molecule has 1 saturated heterocycles. The molecule has 1 fully saturated rings. The number of aryl methyl sites for hydroxylation is 2. The van der Waals surface area contributed by atoms with E-state index in [-0.39, 0.29) is 5.41 Å². The van der Waals surface area contributed by atoms with E-state index in [9.17, 15) is 0 Å². The van der Waals surface area contributed by atoms with Gasteiger partial charge in [-0.2, -0.15) is 0 Å². The fourth-order valence-electron chi connectivity index (χ4n) is 2.62. The fourth-order valence-corrected chi connectivity index (χ4v) is 2.62. The molecule has 1 heterocycles. The molecule has 0 atom stereocenters. The van der Waals surface area contributed by atoms with Crippen molar-refractivity contribution in [3.05, 3.63) is 33.9 Å². The highest BCUT2D eigenvalue weighted by atomic mass is 16.5. The maximum atomic E-state index is 5.91. The first-order valence-electron chi connectivity index (χ1n) is 6.33. The minimum atomic E-state index is 0.190. The Morgan fingerprint density at radius 3 is 2.00 bits per heavy atom. The first kappa shape index (κ1) is 12.6. The fraction of sp³-hybridized carbons (Fsp3) is 0.600. The smallest absolute Gasteiger partial charge is 0.0560 e. The van der Waals surface area contributed by atoms with Crippen LogP contribution in [0.3, 0.4) is 0 Å². The van der Waals surface area contributed by atoms with Crippen LogP contribution in [0.2, 0.25) is 0 Å². The van der Waals surface area contributed by atoms with Crippen LogP contribution in [0.1, 0.15) is 27.8 Å². The number of rotatable bonds is 3. The predicted octanol–water partition coefficient (Wildman–Crippen LogP) is 2.44. The van der Waals surface area contributed by atoms with Crippen molar-refractivity contribution in [1.29, 1.82) is 0 Å². The molecular weight excluding hydrogens is 210 g/mol. The summed E-state index contributed by atoms with van der Waals surface area (Å²) in [6.07, 6.45) is 1.06. The summed E-state index contributed by atoms with van der Waals surface area (Å²) in [6.45, 7) is 11.2. The lowest BCUT2D eigenvalue weighted by Gasteiger charge is -2.41. The molecule has 1 aliphatic rings. The molecular formula is C15H23NO. The molecule has 0 radical (unpaired) electrons. The first-order chi connectivity index (χ1) is 7.99. The Balaban J connectivity index is 2.38. The molecule has 0 unspecified atom stereocenters. The van der Waals surface area contributed by atoms with E-state index in [1.165, 1.54) is 27.8 Å². The lowest BCUT2D eigenvalue weighted by molar-refractivity contribution is -0.106. The van der Waals surface area contributed by atoms with E-state index in [1.54, 1.807) is 0 Å². The average Bonchev–Trinajstić information content (AvgIpc) is 2.25. The molecule has 0 saturated carbocycles. The molecule has 1 aromatic carbocycles. The van der Waals surface area contributed by atoms with Gasteiger partial charge in [0.25, 0.3) is 0 Å². The van der Waals surface area contributed by atoms with Crippen molar-refractivity contribution in [2.45, 2.75) is 34.1 Å². The maximum Gasteiger partial charge on any atom is 0.0560 e. The standard InChI is InChI=1S/C15H23NO/c1-10-5-11(2)13(4)14(12(10)3)6-15(7-16)8-17-9-15/h5H,6-9,16H2,1-4H3. The molecule has 17 heavy (non-hydrogen) atoms. The quantitative estimate of drug-likeness (QED) is 0.870. The van der Waals surface area contributed by atoms with Crippen molar-refractivity contribution in [3.8, 4) is 0 Å². The Hall–Kier alpha value is -0.860. The largest absolute Gasteiger partial charge is 0.380 e. The van der Waals surface area contributed by atoms with Gasteiger partial charge in [-0.05, 0) is 61.9 Å². The molecule has 94 valence electrons. The highest BCUT2D eigenvalue weighted by Gasteiger charge is 2.38. The van der Waals surface area contributed by atoms with Gasteiger partial charge < -0.3 is 10.5 Å². The Morgan fingerprint density at radius 1 is 1.12 bits per heavy atom. The maximum absolute atomic E-state index is 5.91. The minimum Gasteiger partial charge on any atom is -0.380 e. The second kappa shape index (κ2) is 4.43.